The Bertz CT molecular complexity index is 598. The Morgan fingerprint density at radius 3 is 2.70 bits per heavy atom. The number of ketones is 1. The van der Waals surface area contributed by atoms with Crippen LogP contribution in [-0.2, 0) is 6.54 Å². The van der Waals surface area contributed by atoms with Gasteiger partial charge in [-0.05, 0) is 48.5 Å². The molecule has 1 atom stereocenters. The zero-order chi connectivity index (χ0) is 14.7. The quantitative estimate of drug-likeness (QED) is 0.783. The van der Waals surface area contributed by atoms with Gasteiger partial charge in [0.05, 0.1) is 11.6 Å². The molecule has 0 aliphatic rings. The third-order valence-electron chi connectivity index (χ3n) is 3.25. The fourth-order valence-electron chi connectivity index (χ4n) is 1.92. The van der Waals surface area contributed by atoms with E-state index in [0.29, 0.717) is 6.54 Å². The largest absolute Gasteiger partial charge is 0.292 e. The van der Waals surface area contributed by atoms with Gasteiger partial charge < -0.3 is 0 Å². The molecule has 0 spiro atoms. The van der Waals surface area contributed by atoms with Crippen LogP contribution in [0.1, 0.15) is 22.8 Å². The van der Waals surface area contributed by atoms with Crippen LogP contribution in [0.2, 0.25) is 0 Å². The number of benzene rings is 1. The van der Waals surface area contributed by atoms with Crippen LogP contribution in [0.4, 0.5) is 8.78 Å². The highest BCUT2D eigenvalue weighted by molar-refractivity contribution is 7.07. The maximum Gasteiger partial charge on any atom is 0.182 e. The summed E-state index contributed by atoms with van der Waals surface area (Å²) in [5.74, 6) is -1.84. The molecule has 0 N–H and O–H groups in total. The molecule has 106 valence electrons. The fraction of sp³-hybridized carbons (Fsp3) is 0.267. The van der Waals surface area contributed by atoms with Gasteiger partial charge in [-0.25, -0.2) is 8.78 Å². The lowest BCUT2D eigenvalue weighted by Gasteiger charge is -2.23. The minimum atomic E-state index is -0.814. The molecule has 5 heteroatoms. The van der Waals surface area contributed by atoms with Crippen molar-refractivity contribution < 1.29 is 13.6 Å². The SMILES string of the molecule is CC(C(=O)c1ccc(F)cc1F)N(C)Cc1ccsc1. The Kier molecular flexibility index (Phi) is 4.62. The smallest absolute Gasteiger partial charge is 0.182 e. The Labute approximate surface area is 120 Å². The topological polar surface area (TPSA) is 20.3 Å². The number of rotatable bonds is 5. The van der Waals surface area contributed by atoms with Crippen molar-refractivity contribution in [2.45, 2.75) is 19.5 Å². The summed E-state index contributed by atoms with van der Waals surface area (Å²) in [5.41, 5.74) is 1.03. The van der Waals surface area contributed by atoms with Gasteiger partial charge in [-0.1, -0.05) is 0 Å². The number of hydrogen-bond acceptors (Lipinski definition) is 3. The third-order valence-corrected chi connectivity index (χ3v) is 3.98. The molecular formula is C15H15F2NOS. The number of thiophene rings is 1. The van der Waals surface area contributed by atoms with Gasteiger partial charge in [0.15, 0.2) is 5.78 Å². The number of hydrogen-bond donors (Lipinski definition) is 0. The van der Waals surface area contributed by atoms with E-state index in [0.717, 1.165) is 17.7 Å². The van der Waals surface area contributed by atoms with Crippen LogP contribution < -0.4 is 0 Å². The minimum Gasteiger partial charge on any atom is -0.292 e. The summed E-state index contributed by atoms with van der Waals surface area (Å²) in [4.78, 5) is 14.1. The van der Waals surface area contributed by atoms with E-state index in [1.54, 1.807) is 18.3 Å². The van der Waals surface area contributed by atoms with E-state index in [1.807, 2.05) is 28.8 Å². The summed E-state index contributed by atoms with van der Waals surface area (Å²) >= 11 is 1.59. The fourth-order valence-corrected chi connectivity index (χ4v) is 2.58. The average molecular weight is 295 g/mol. The highest BCUT2D eigenvalue weighted by Gasteiger charge is 2.22. The van der Waals surface area contributed by atoms with Crippen molar-refractivity contribution in [1.82, 2.24) is 4.90 Å². The molecule has 0 amide bonds. The van der Waals surface area contributed by atoms with Gasteiger partial charge in [-0.3, -0.25) is 9.69 Å². The van der Waals surface area contributed by atoms with Crippen molar-refractivity contribution in [2.75, 3.05) is 7.05 Å². The number of likely N-dealkylation sites (N-methyl/N-ethyl adjacent to an activating group) is 1. The maximum atomic E-state index is 13.6. The normalized spacial score (nSPS) is 12.7. The van der Waals surface area contributed by atoms with Gasteiger partial charge in [0, 0.05) is 12.6 Å². The number of nitrogens with zero attached hydrogens (tertiary/aromatic N) is 1. The van der Waals surface area contributed by atoms with Crippen molar-refractivity contribution in [1.29, 1.82) is 0 Å². The predicted octanol–water partition coefficient (Wildman–Crippen LogP) is 3.73. The molecule has 20 heavy (non-hydrogen) atoms. The molecule has 2 rings (SSSR count). The molecule has 0 aliphatic carbocycles. The summed E-state index contributed by atoms with van der Waals surface area (Å²) in [7, 11) is 1.81. The number of Topliss-reactive ketones (excluding diaryl/α,β-unsaturated/α-hetero) is 1. The third kappa shape index (κ3) is 3.29. The van der Waals surface area contributed by atoms with E-state index in [4.69, 9.17) is 0 Å². The highest BCUT2D eigenvalue weighted by Crippen LogP contribution is 2.16. The van der Waals surface area contributed by atoms with Crippen molar-refractivity contribution in [3.05, 3.63) is 57.8 Å². The molecular weight excluding hydrogens is 280 g/mol. The summed E-state index contributed by atoms with van der Waals surface area (Å²) in [5, 5.41) is 3.97. The predicted molar refractivity (Wildman–Crippen MR) is 75.9 cm³/mol. The zero-order valence-electron chi connectivity index (χ0n) is 11.3. The van der Waals surface area contributed by atoms with Crippen LogP contribution in [0.25, 0.3) is 0 Å². The first kappa shape index (κ1) is 14.8. The van der Waals surface area contributed by atoms with Gasteiger partial charge in [-0.2, -0.15) is 11.3 Å². The van der Waals surface area contributed by atoms with E-state index in [9.17, 15) is 13.6 Å². The van der Waals surface area contributed by atoms with E-state index < -0.39 is 17.7 Å². The Morgan fingerprint density at radius 2 is 2.10 bits per heavy atom. The maximum absolute atomic E-state index is 13.6. The van der Waals surface area contributed by atoms with E-state index in [-0.39, 0.29) is 11.3 Å². The molecule has 1 aromatic carbocycles. The van der Waals surface area contributed by atoms with E-state index in [1.165, 1.54) is 6.07 Å². The molecule has 1 unspecified atom stereocenters. The molecule has 1 aromatic heterocycles. The molecule has 0 aliphatic heterocycles. The Balaban J connectivity index is 2.11. The lowest BCUT2D eigenvalue weighted by Crippen LogP contribution is -2.35. The van der Waals surface area contributed by atoms with Crippen molar-refractivity contribution in [3.8, 4) is 0 Å². The molecule has 0 saturated heterocycles. The first-order chi connectivity index (χ1) is 9.49. The number of halogens is 2. The van der Waals surface area contributed by atoms with Gasteiger partial charge in [-0.15, -0.1) is 0 Å². The second kappa shape index (κ2) is 6.24. The van der Waals surface area contributed by atoms with Crippen molar-refractivity contribution in [3.63, 3.8) is 0 Å². The Hall–Kier alpha value is -1.59. The van der Waals surface area contributed by atoms with Crippen LogP contribution in [-0.4, -0.2) is 23.8 Å². The molecule has 0 radical (unpaired) electrons. The second-order valence-corrected chi connectivity index (χ2v) is 5.49. The van der Waals surface area contributed by atoms with Crippen LogP contribution in [0.15, 0.2) is 35.0 Å². The van der Waals surface area contributed by atoms with Crippen LogP contribution in [0, 0.1) is 11.6 Å². The lowest BCUT2D eigenvalue weighted by atomic mass is 10.0. The van der Waals surface area contributed by atoms with E-state index in [2.05, 4.69) is 0 Å². The van der Waals surface area contributed by atoms with Crippen LogP contribution >= 0.6 is 11.3 Å². The van der Waals surface area contributed by atoms with Gasteiger partial charge >= 0.3 is 0 Å². The standard InChI is InChI=1S/C15H15F2NOS/c1-10(18(2)8-11-5-6-20-9-11)15(19)13-4-3-12(16)7-14(13)17/h3-7,9-10H,8H2,1-2H3. The van der Waals surface area contributed by atoms with Crippen LogP contribution in [0.3, 0.4) is 0 Å². The van der Waals surface area contributed by atoms with Gasteiger partial charge in [0.2, 0.25) is 0 Å². The summed E-state index contributed by atoms with van der Waals surface area (Å²) in [6.45, 7) is 2.33. The number of carbonyl (C=O) groups excluding carboxylic acids is 1. The molecule has 0 fully saturated rings. The molecule has 2 nitrogen and oxygen atoms in total. The number of carbonyl (C=O) groups is 1. The molecule has 0 bridgehead atoms. The lowest BCUT2D eigenvalue weighted by molar-refractivity contribution is 0.0858. The zero-order valence-corrected chi connectivity index (χ0v) is 12.1. The van der Waals surface area contributed by atoms with Crippen LogP contribution in [0.5, 0.6) is 0 Å². The Morgan fingerprint density at radius 1 is 1.35 bits per heavy atom. The van der Waals surface area contributed by atoms with Crippen molar-refractivity contribution >= 4 is 17.1 Å². The summed E-state index contributed by atoms with van der Waals surface area (Å²) in [6, 6.07) is 4.54. The van der Waals surface area contributed by atoms with Gasteiger partial charge in [0.1, 0.15) is 11.6 Å². The van der Waals surface area contributed by atoms with Crippen molar-refractivity contribution in [2.24, 2.45) is 0 Å². The molecule has 0 saturated carbocycles. The monoisotopic (exact) mass is 295 g/mol. The first-order valence-corrected chi connectivity index (χ1v) is 7.14. The van der Waals surface area contributed by atoms with E-state index >= 15 is 0 Å². The summed E-state index contributed by atoms with van der Waals surface area (Å²) in [6.07, 6.45) is 0. The molecule has 1 heterocycles. The first-order valence-electron chi connectivity index (χ1n) is 6.19. The second-order valence-electron chi connectivity index (χ2n) is 4.71. The average Bonchev–Trinajstić information content (AvgIpc) is 2.90. The minimum absolute atomic E-state index is 0.0731. The highest BCUT2D eigenvalue weighted by atomic mass is 32.1. The molecule has 2 aromatic rings. The summed E-state index contributed by atoms with van der Waals surface area (Å²) < 4.78 is 26.5. The van der Waals surface area contributed by atoms with Gasteiger partial charge in [0.25, 0.3) is 0 Å².